The van der Waals surface area contributed by atoms with Crippen molar-refractivity contribution in [3.05, 3.63) is 47.5 Å². The molecular weight excluding hydrogens is 278 g/mol. The molecule has 0 N–H and O–H groups in total. The highest BCUT2D eigenvalue weighted by molar-refractivity contribution is 5.70. The van der Waals surface area contributed by atoms with E-state index in [-0.39, 0.29) is 12.1 Å². The summed E-state index contributed by atoms with van der Waals surface area (Å²) in [4.78, 5) is 14.3. The molecular formula is C18H23NO3. The number of amides is 1. The summed E-state index contributed by atoms with van der Waals surface area (Å²) in [6.45, 7) is 1.10. The van der Waals surface area contributed by atoms with Gasteiger partial charge in [-0.15, -0.1) is 0 Å². The van der Waals surface area contributed by atoms with Crippen LogP contribution in [0.1, 0.15) is 31.2 Å². The van der Waals surface area contributed by atoms with Crippen LogP contribution in [0.25, 0.3) is 0 Å². The van der Waals surface area contributed by atoms with Crippen LogP contribution in [0.2, 0.25) is 0 Å². The van der Waals surface area contributed by atoms with Gasteiger partial charge in [0.1, 0.15) is 6.61 Å². The van der Waals surface area contributed by atoms with Crippen molar-refractivity contribution in [2.45, 2.75) is 44.4 Å². The summed E-state index contributed by atoms with van der Waals surface area (Å²) in [5.41, 5.74) is 2.44. The van der Waals surface area contributed by atoms with Crippen molar-refractivity contribution >= 4 is 6.09 Å². The average molecular weight is 301 g/mol. The highest BCUT2D eigenvalue weighted by atomic mass is 16.6. The van der Waals surface area contributed by atoms with E-state index in [0.717, 1.165) is 37.9 Å². The lowest BCUT2D eigenvalue weighted by molar-refractivity contribution is 0.0811. The highest BCUT2D eigenvalue weighted by Gasteiger charge is 2.40. The molecule has 2 unspecified atom stereocenters. The minimum atomic E-state index is -0.182. The molecule has 2 heterocycles. The maximum absolute atomic E-state index is 12.4. The Balaban J connectivity index is 1.58. The van der Waals surface area contributed by atoms with Crippen LogP contribution in [0, 0.1) is 0 Å². The molecule has 1 saturated heterocycles. The zero-order valence-electron chi connectivity index (χ0n) is 13.0. The lowest BCUT2D eigenvalue weighted by Gasteiger charge is -2.33. The standard InChI is InChI=1S/C18H23NO3/c1-21-10-9-15-11-16-7-8-17(12-15)19(16)18(20)22-13-14-5-3-2-4-6-14/h2-6,11,16-17H,7-10,12-13H2,1H3. The second kappa shape index (κ2) is 6.97. The summed E-state index contributed by atoms with van der Waals surface area (Å²) in [6.07, 6.45) is 6.10. The van der Waals surface area contributed by atoms with Gasteiger partial charge in [0.05, 0.1) is 6.04 Å². The molecule has 1 amide bonds. The molecule has 2 aliphatic heterocycles. The first-order valence-corrected chi connectivity index (χ1v) is 7.95. The normalized spacial score (nSPS) is 23.3. The molecule has 4 heteroatoms. The molecule has 2 aliphatic rings. The summed E-state index contributed by atoms with van der Waals surface area (Å²) in [6, 6.07) is 10.3. The number of hydrogen-bond acceptors (Lipinski definition) is 3. The first-order valence-electron chi connectivity index (χ1n) is 7.95. The third-order valence-corrected chi connectivity index (χ3v) is 4.52. The van der Waals surface area contributed by atoms with Crippen molar-refractivity contribution in [2.75, 3.05) is 13.7 Å². The molecule has 1 aromatic rings. The molecule has 1 aromatic carbocycles. The first kappa shape index (κ1) is 15.1. The Hall–Kier alpha value is -1.81. The maximum Gasteiger partial charge on any atom is 0.410 e. The molecule has 0 radical (unpaired) electrons. The van der Waals surface area contributed by atoms with Crippen molar-refractivity contribution in [3.63, 3.8) is 0 Å². The molecule has 0 saturated carbocycles. The number of methoxy groups -OCH3 is 1. The fourth-order valence-electron chi connectivity index (χ4n) is 3.42. The molecule has 118 valence electrons. The van der Waals surface area contributed by atoms with Crippen LogP contribution in [0.4, 0.5) is 4.79 Å². The van der Waals surface area contributed by atoms with E-state index in [4.69, 9.17) is 9.47 Å². The number of carbonyl (C=O) groups is 1. The summed E-state index contributed by atoms with van der Waals surface area (Å²) >= 11 is 0. The lowest BCUT2D eigenvalue weighted by atomic mass is 9.99. The van der Waals surface area contributed by atoms with Crippen LogP contribution >= 0.6 is 0 Å². The predicted molar refractivity (Wildman–Crippen MR) is 84.5 cm³/mol. The summed E-state index contributed by atoms with van der Waals surface area (Å²) in [5.74, 6) is 0. The van der Waals surface area contributed by atoms with Gasteiger partial charge < -0.3 is 9.47 Å². The minimum absolute atomic E-state index is 0.182. The van der Waals surface area contributed by atoms with Gasteiger partial charge in [0.2, 0.25) is 0 Å². The quantitative estimate of drug-likeness (QED) is 0.781. The summed E-state index contributed by atoms with van der Waals surface area (Å²) in [7, 11) is 1.73. The fraction of sp³-hybridized carbons (Fsp3) is 0.500. The van der Waals surface area contributed by atoms with Gasteiger partial charge in [0, 0.05) is 19.8 Å². The fourth-order valence-corrected chi connectivity index (χ4v) is 3.42. The van der Waals surface area contributed by atoms with Crippen LogP contribution in [0.3, 0.4) is 0 Å². The van der Waals surface area contributed by atoms with Gasteiger partial charge in [0.25, 0.3) is 0 Å². The second-order valence-corrected chi connectivity index (χ2v) is 6.02. The Bertz CT molecular complexity index is 541. The van der Waals surface area contributed by atoms with Gasteiger partial charge in [-0.05, 0) is 31.2 Å². The van der Waals surface area contributed by atoms with Gasteiger partial charge in [-0.1, -0.05) is 42.0 Å². The third-order valence-electron chi connectivity index (χ3n) is 4.52. The topological polar surface area (TPSA) is 38.8 Å². The number of ether oxygens (including phenoxy) is 2. The van der Waals surface area contributed by atoms with Crippen molar-refractivity contribution in [3.8, 4) is 0 Å². The van der Waals surface area contributed by atoms with E-state index < -0.39 is 0 Å². The largest absolute Gasteiger partial charge is 0.445 e. The Morgan fingerprint density at radius 3 is 2.82 bits per heavy atom. The molecule has 1 fully saturated rings. The minimum Gasteiger partial charge on any atom is -0.445 e. The van der Waals surface area contributed by atoms with Crippen LogP contribution in [-0.4, -0.2) is 36.8 Å². The Kier molecular flexibility index (Phi) is 4.78. The van der Waals surface area contributed by atoms with Crippen LogP contribution in [0.15, 0.2) is 42.0 Å². The number of benzene rings is 1. The van der Waals surface area contributed by atoms with Crippen molar-refractivity contribution in [2.24, 2.45) is 0 Å². The molecule has 0 aromatic heterocycles. The van der Waals surface area contributed by atoms with E-state index in [1.54, 1.807) is 7.11 Å². The zero-order chi connectivity index (χ0) is 15.4. The number of fused-ring (bicyclic) bond motifs is 2. The second-order valence-electron chi connectivity index (χ2n) is 6.02. The number of carbonyl (C=O) groups excluding carboxylic acids is 1. The number of hydrogen-bond donors (Lipinski definition) is 0. The monoisotopic (exact) mass is 301 g/mol. The zero-order valence-corrected chi connectivity index (χ0v) is 13.0. The van der Waals surface area contributed by atoms with Crippen LogP contribution in [-0.2, 0) is 16.1 Å². The Labute approximate surface area is 131 Å². The van der Waals surface area contributed by atoms with Gasteiger partial charge in [-0.3, -0.25) is 4.90 Å². The predicted octanol–water partition coefficient (Wildman–Crippen LogP) is 3.52. The Morgan fingerprint density at radius 1 is 1.27 bits per heavy atom. The maximum atomic E-state index is 12.4. The Morgan fingerprint density at radius 2 is 2.09 bits per heavy atom. The van der Waals surface area contributed by atoms with E-state index in [9.17, 15) is 4.79 Å². The van der Waals surface area contributed by atoms with Crippen molar-refractivity contribution < 1.29 is 14.3 Å². The lowest BCUT2D eigenvalue weighted by Crippen LogP contribution is -2.43. The first-order chi connectivity index (χ1) is 10.8. The molecule has 22 heavy (non-hydrogen) atoms. The molecule has 0 aliphatic carbocycles. The molecule has 0 spiro atoms. The molecule has 4 nitrogen and oxygen atoms in total. The van der Waals surface area contributed by atoms with Crippen LogP contribution in [0.5, 0.6) is 0 Å². The van der Waals surface area contributed by atoms with Gasteiger partial charge in [0.15, 0.2) is 0 Å². The third kappa shape index (κ3) is 3.33. The van der Waals surface area contributed by atoms with E-state index >= 15 is 0 Å². The SMILES string of the molecule is COCCC1=CC2CCC(C1)N2C(=O)OCc1ccccc1. The average Bonchev–Trinajstić information content (AvgIpc) is 2.82. The number of rotatable bonds is 5. The molecule has 2 bridgehead atoms. The van der Waals surface area contributed by atoms with Gasteiger partial charge in [-0.2, -0.15) is 0 Å². The van der Waals surface area contributed by atoms with E-state index in [1.165, 1.54) is 5.57 Å². The summed E-state index contributed by atoms with van der Waals surface area (Å²) in [5, 5.41) is 0. The van der Waals surface area contributed by atoms with Crippen molar-refractivity contribution in [1.82, 2.24) is 4.90 Å². The van der Waals surface area contributed by atoms with Crippen molar-refractivity contribution in [1.29, 1.82) is 0 Å². The van der Waals surface area contributed by atoms with E-state index in [1.807, 2.05) is 35.2 Å². The van der Waals surface area contributed by atoms with Gasteiger partial charge >= 0.3 is 6.09 Å². The summed E-state index contributed by atoms with van der Waals surface area (Å²) < 4.78 is 10.6. The van der Waals surface area contributed by atoms with E-state index in [0.29, 0.717) is 12.6 Å². The van der Waals surface area contributed by atoms with Crippen LogP contribution < -0.4 is 0 Å². The van der Waals surface area contributed by atoms with E-state index in [2.05, 4.69) is 6.08 Å². The highest BCUT2D eigenvalue weighted by Crippen LogP contribution is 2.36. The smallest absolute Gasteiger partial charge is 0.410 e. The van der Waals surface area contributed by atoms with Gasteiger partial charge in [-0.25, -0.2) is 4.79 Å². The molecule has 2 atom stereocenters. The molecule has 3 rings (SSSR count). The number of nitrogens with zero attached hydrogens (tertiary/aromatic N) is 1.